The Morgan fingerprint density at radius 2 is 1.65 bits per heavy atom. The molecule has 2 heteroatoms. The zero-order chi connectivity index (χ0) is 11.8. The number of fused-ring (bicyclic) bond motifs is 2. The number of nitrogens with zero attached hydrogens (tertiary/aromatic N) is 1. The van der Waals surface area contributed by atoms with E-state index in [1.54, 1.807) is 0 Å². The zero-order valence-corrected chi connectivity index (χ0v) is 10.8. The van der Waals surface area contributed by atoms with Gasteiger partial charge in [0.25, 0.3) is 0 Å². The van der Waals surface area contributed by atoms with E-state index >= 15 is 0 Å². The molecule has 0 amide bonds. The van der Waals surface area contributed by atoms with Gasteiger partial charge in [-0.1, -0.05) is 17.7 Å². The Balaban J connectivity index is 1.73. The maximum Gasteiger partial charge on any atom is 0.0366 e. The molecule has 2 bridgehead atoms. The third kappa shape index (κ3) is 2.19. The van der Waals surface area contributed by atoms with Crippen LogP contribution in [0.15, 0.2) is 24.3 Å². The number of benzene rings is 1. The molecule has 1 aromatic rings. The Bertz CT molecular complexity index is 372. The monoisotopic (exact) mass is 230 g/mol. The topological polar surface area (TPSA) is 15.3 Å². The van der Waals surface area contributed by atoms with Crippen LogP contribution in [-0.4, -0.2) is 25.2 Å². The minimum Gasteiger partial charge on any atom is -0.371 e. The lowest BCUT2D eigenvalue weighted by Crippen LogP contribution is -2.47. The van der Waals surface area contributed by atoms with Crippen LogP contribution in [0, 0.1) is 6.92 Å². The molecule has 1 N–H and O–H groups in total. The molecule has 17 heavy (non-hydrogen) atoms. The van der Waals surface area contributed by atoms with Crippen molar-refractivity contribution in [2.24, 2.45) is 0 Å². The standard InChI is InChI=1S/C15H22N2/c1-11-3-7-14(8-4-11)17(2)15-9-12-5-6-13(10-15)16-12/h3-4,7-8,12-13,15-16H,5-6,9-10H2,1-2H3. The number of anilines is 1. The summed E-state index contributed by atoms with van der Waals surface area (Å²) < 4.78 is 0. The second-order valence-electron chi connectivity index (χ2n) is 5.71. The van der Waals surface area contributed by atoms with Crippen molar-refractivity contribution >= 4 is 5.69 Å². The van der Waals surface area contributed by atoms with Crippen LogP contribution in [0.3, 0.4) is 0 Å². The van der Waals surface area contributed by atoms with E-state index < -0.39 is 0 Å². The Morgan fingerprint density at radius 3 is 2.24 bits per heavy atom. The molecule has 2 nitrogen and oxygen atoms in total. The number of nitrogens with one attached hydrogen (secondary N) is 1. The van der Waals surface area contributed by atoms with Gasteiger partial charge in [-0.3, -0.25) is 0 Å². The summed E-state index contributed by atoms with van der Waals surface area (Å²) in [4.78, 5) is 2.48. The molecule has 2 aliphatic rings. The van der Waals surface area contributed by atoms with Gasteiger partial charge in [-0.2, -0.15) is 0 Å². The van der Waals surface area contributed by atoms with E-state index in [0.717, 1.165) is 18.1 Å². The van der Waals surface area contributed by atoms with Crippen molar-refractivity contribution in [1.82, 2.24) is 5.32 Å². The number of hydrogen-bond donors (Lipinski definition) is 1. The lowest BCUT2D eigenvalue weighted by Gasteiger charge is -2.37. The Morgan fingerprint density at radius 1 is 1.06 bits per heavy atom. The predicted octanol–water partition coefficient (Wildman–Crippen LogP) is 2.71. The fourth-order valence-corrected chi connectivity index (χ4v) is 3.33. The van der Waals surface area contributed by atoms with Crippen molar-refractivity contribution in [3.63, 3.8) is 0 Å². The molecule has 2 saturated heterocycles. The molecule has 2 unspecified atom stereocenters. The van der Waals surface area contributed by atoms with Gasteiger partial charge in [0, 0.05) is 30.9 Å². The summed E-state index contributed by atoms with van der Waals surface area (Å²) in [7, 11) is 2.25. The van der Waals surface area contributed by atoms with Crippen LogP contribution in [0.25, 0.3) is 0 Å². The van der Waals surface area contributed by atoms with Crippen molar-refractivity contribution in [2.45, 2.75) is 50.7 Å². The summed E-state index contributed by atoms with van der Waals surface area (Å²) in [5.41, 5.74) is 2.70. The summed E-state index contributed by atoms with van der Waals surface area (Å²) >= 11 is 0. The van der Waals surface area contributed by atoms with Crippen LogP contribution in [0.2, 0.25) is 0 Å². The molecule has 0 radical (unpaired) electrons. The molecule has 2 fully saturated rings. The van der Waals surface area contributed by atoms with Crippen LogP contribution >= 0.6 is 0 Å². The molecule has 0 saturated carbocycles. The second-order valence-corrected chi connectivity index (χ2v) is 5.71. The minimum absolute atomic E-state index is 0.719. The third-order valence-corrected chi connectivity index (χ3v) is 4.44. The molecule has 1 aromatic carbocycles. The van der Waals surface area contributed by atoms with Crippen LogP contribution in [0.5, 0.6) is 0 Å². The molecule has 2 heterocycles. The van der Waals surface area contributed by atoms with Crippen molar-refractivity contribution in [1.29, 1.82) is 0 Å². The average Bonchev–Trinajstić information content (AvgIpc) is 2.68. The normalized spacial score (nSPS) is 31.5. The van der Waals surface area contributed by atoms with Crippen LogP contribution < -0.4 is 10.2 Å². The van der Waals surface area contributed by atoms with Crippen molar-refractivity contribution in [3.05, 3.63) is 29.8 Å². The summed E-state index contributed by atoms with van der Waals surface area (Å²) in [5, 5.41) is 3.71. The lowest BCUT2D eigenvalue weighted by atomic mass is 9.98. The number of piperidine rings is 1. The van der Waals surface area contributed by atoms with E-state index in [1.807, 2.05) is 0 Å². The number of rotatable bonds is 2. The number of aryl methyl sites for hydroxylation is 1. The van der Waals surface area contributed by atoms with Gasteiger partial charge < -0.3 is 10.2 Å². The molecule has 0 aliphatic carbocycles. The third-order valence-electron chi connectivity index (χ3n) is 4.44. The highest BCUT2D eigenvalue weighted by Crippen LogP contribution is 2.31. The van der Waals surface area contributed by atoms with Gasteiger partial charge in [-0.15, -0.1) is 0 Å². The highest BCUT2D eigenvalue weighted by Gasteiger charge is 2.35. The summed E-state index contributed by atoms with van der Waals surface area (Å²) in [6.45, 7) is 2.15. The highest BCUT2D eigenvalue weighted by molar-refractivity contribution is 5.47. The molecule has 2 aliphatic heterocycles. The van der Waals surface area contributed by atoms with E-state index in [2.05, 4.69) is 48.5 Å². The fourth-order valence-electron chi connectivity index (χ4n) is 3.33. The summed E-state index contributed by atoms with van der Waals surface area (Å²) in [6, 6.07) is 11.2. The van der Waals surface area contributed by atoms with Crippen LogP contribution in [0.4, 0.5) is 5.69 Å². The van der Waals surface area contributed by atoms with Crippen LogP contribution in [-0.2, 0) is 0 Å². The van der Waals surface area contributed by atoms with Crippen molar-refractivity contribution < 1.29 is 0 Å². The lowest BCUT2D eigenvalue weighted by molar-refractivity contribution is 0.355. The first-order valence-corrected chi connectivity index (χ1v) is 6.78. The van der Waals surface area contributed by atoms with E-state index in [-0.39, 0.29) is 0 Å². The molecular formula is C15H22N2. The highest BCUT2D eigenvalue weighted by atomic mass is 15.2. The molecule has 3 rings (SSSR count). The first-order chi connectivity index (χ1) is 8.22. The smallest absolute Gasteiger partial charge is 0.0366 e. The molecule has 0 aromatic heterocycles. The largest absolute Gasteiger partial charge is 0.371 e. The van der Waals surface area contributed by atoms with E-state index in [4.69, 9.17) is 0 Å². The molecular weight excluding hydrogens is 208 g/mol. The van der Waals surface area contributed by atoms with Crippen molar-refractivity contribution in [2.75, 3.05) is 11.9 Å². The number of hydrogen-bond acceptors (Lipinski definition) is 2. The van der Waals surface area contributed by atoms with Crippen molar-refractivity contribution in [3.8, 4) is 0 Å². The van der Waals surface area contributed by atoms with Crippen LogP contribution in [0.1, 0.15) is 31.2 Å². The average molecular weight is 230 g/mol. The Hall–Kier alpha value is -1.02. The van der Waals surface area contributed by atoms with Gasteiger partial charge >= 0.3 is 0 Å². The first-order valence-electron chi connectivity index (χ1n) is 6.78. The molecule has 2 atom stereocenters. The Kier molecular flexibility index (Phi) is 2.83. The zero-order valence-electron chi connectivity index (χ0n) is 10.8. The SMILES string of the molecule is Cc1ccc(N(C)C2CC3CCC(C2)N3)cc1. The van der Waals surface area contributed by atoms with Gasteiger partial charge in [-0.25, -0.2) is 0 Å². The van der Waals surface area contributed by atoms with Gasteiger partial charge in [0.05, 0.1) is 0 Å². The second kappa shape index (κ2) is 4.34. The Labute approximate surface area is 104 Å². The maximum atomic E-state index is 3.71. The first kappa shape index (κ1) is 11.1. The summed E-state index contributed by atoms with van der Waals surface area (Å²) in [6.07, 6.45) is 5.37. The van der Waals surface area contributed by atoms with Gasteiger partial charge in [0.2, 0.25) is 0 Å². The predicted molar refractivity (Wildman–Crippen MR) is 72.5 cm³/mol. The van der Waals surface area contributed by atoms with Gasteiger partial charge in [0.1, 0.15) is 0 Å². The van der Waals surface area contributed by atoms with E-state index in [0.29, 0.717) is 0 Å². The minimum atomic E-state index is 0.719. The maximum absolute atomic E-state index is 3.71. The van der Waals surface area contributed by atoms with E-state index in [9.17, 15) is 0 Å². The molecule has 92 valence electrons. The molecule has 0 spiro atoms. The summed E-state index contributed by atoms with van der Waals surface area (Å²) in [5.74, 6) is 0. The van der Waals surface area contributed by atoms with Gasteiger partial charge in [0.15, 0.2) is 0 Å². The van der Waals surface area contributed by atoms with E-state index in [1.165, 1.54) is 36.9 Å². The quantitative estimate of drug-likeness (QED) is 0.840. The van der Waals surface area contributed by atoms with Gasteiger partial charge in [-0.05, 0) is 44.7 Å². The fraction of sp³-hybridized carbons (Fsp3) is 0.600.